The zero-order valence-electron chi connectivity index (χ0n) is 11.8. The number of amides is 1. The van der Waals surface area contributed by atoms with Crippen molar-refractivity contribution in [3.05, 3.63) is 48.2 Å². The minimum absolute atomic E-state index is 0.179. The van der Waals surface area contributed by atoms with Gasteiger partial charge in [0, 0.05) is 19.0 Å². The lowest BCUT2D eigenvalue weighted by atomic mass is 10.2. The summed E-state index contributed by atoms with van der Waals surface area (Å²) >= 11 is 0. The zero-order valence-corrected chi connectivity index (χ0v) is 11.8. The highest BCUT2D eigenvalue weighted by atomic mass is 16.5. The summed E-state index contributed by atoms with van der Waals surface area (Å²) in [4.78, 5) is 22.4. The van der Waals surface area contributed by atoms with Crippen LogP contribution in [0.1, 0.15) is 12.2 Å². The van der Waals surface area contributed by atoms with Crippen LogP contribution in [0.15, 0.2) is 46.9 Å². The molecule has 0 aliphatic rings. The topological polar surface area (TPSA) is 68.5 Å². The smallest absolute Gasteiger partial charge is 0.306 e. The third kappa shape index (κ3) is 4.49. The molecule has 0 atom stereocenters. The Kier molecular flexibility index (Phi) is 5.15. The van der Waals surface area contributed by atoms with E-state index >= 15 is 0 Å². The third-order valence-electron chi connectivity index (χ3n) is 2.94. The van der Waals surface area contributed by atoms with Crippen LogP contribution in [0.25, 0.3) is 11.3 Å². The molecule has 2 aromatic rings. The number of carbonyl (C=O) groups is 2. The Labute approximate surface area is 122 Å². The fourth-order valence-corrected chi connectivity index (χ4v) is 1.79. The van der Waals surface area contributed by atoms with Crippen LogP contribution in [-0.4, -0.2) is 25.5 Å². The number of benzene rings is 1. The van der Waals surface area contributed by atoms with Gasteiger partial charge in [0.15, 0.2) is 6.61 Å². The summed E-state index contributed by atoms with van der Waals surface area (Å²) in [6.07, 6.45) is 0.623. The molecule has 110 valence electrons. The first kappa shape index (κ1) is 14.8. The third-order valence-corrected chi connectivity index (χ3v) is 2.94. The number of hydrogen-bond donors (Lipinski definition) is 1. The van der Waals surface area contributed by atoms with Gasteiger partial charge in [0.25, 0.3) is 5.91 Å². The molecule has 0 saturated heterocycles. The van der Waals surface area contributed by atoms with Crippen LogP contribution in [0.4, 0.5) is 0 Å². The van der Waals surface area contributed by atoms with Crippen LogP contribution in [0.5, 0.6) is 0 Å². The van der Waals surface area contributed by atoms with Gasteiger partial charge in [0.1, 0.15) is 11.5 Å². The fraction of sp³-hybridized carbons (Fsp3) is 0.250. The van der Waals surface area contributed by atoms with Gasteiger partial charge in [-0.3, -0.25) is 9.59 Å². The van der Waals surface area contributed by atoms with Crippen LogP contribution in [-0.2, 0) is 20.7 Å². The molecule has 0 fully saturated rings. The first-order valence-corrected chi connectivity index (χ1v) is 6.69. The van der Waals surface area contributed by atoms with Crippen LogP contribution in [0, 0.1) is 0 Å². The average Bonchev–Trinajstić information content (AvgIpc) is 3.00. The molecule has 0 spiro atoms. The number of rotatable bonds is 6. The van der Waals surface area contributed by atoms with Crippen molar-refractivity contribution in [2.45, 2.75) is 12.8 Å². The van der Waals surface area contributed by atoms with Crippen molar-refractivity contribution < 1.29 is 18.7 Å². The summed E-state index contributed by atoms with van der Waals surface area (Å²) in [7, 11) is 1.49. The number of nitrogens with one attached hydrogen (secondary N) is 1. The number of aryl methyl sites for hydroxylation is 1. The monoisotopic (exact) mass is 287 g/mol. The van der Waals surface area contributed by atoms with Gasteiger partial charge in [-0.05, 0) is 12.1 Å². The Balaban J connectivity index is 1.83. The Hall–Kier alpha value is -2.56. The van der Waals surface area contributed by atoms with E-state index in [4.69, 9.17) is 9.15 Å². The van der Waals surface area contributed by atoms with Crippen LogP contribution in [0.2, 0.25) is 0 Å². The molecule has 0 unspecified atom stereocenters. The maximum absolute atomic E-state index is 11.5. The molecule has 2 rings (SSSR count). The molecule has 1 heterocycles. The number of esters is 1. The summed E-state index contributed by atoms with van der Waals surface area (Å²) in [6, 6.07) is 13.5. The molecule has 5 nitrogen and oxygen atoms in total. The first-order valence-electron chi connectivity index (χ1n) is 6.69. The average molecular weight is 287 g/mol. The number of hydrogen-bond acceptors (Lipinski definition) is 4. The molecular formula is C16H17NO4. The van der Waals surface area contributed by atoms with Crippen molar-refractivity contribution in [3.63, 3.8) is 0 Å². The second kappa shape index (κ2) is 7.28. The molecule has 1 aromatic carbocycles. The fourth-order valence-electron chi connectivity index (χ4n) is 1.79. The maximum atomic E-state index is 11.5. The molecule has 0 saturated carbocycles. The molecule has 1 N–H and O–H groups in total. The molecule has 5 heteroatoms. The maximum Gasteiger partial charge on any atom is 0.306 e. The van der Waals surface area contributed by atoms with Gasteiger partial charge < -0.3 is 14.5 Å². The number of furan rings is 1. The van der Waals surface area contributed by atoms with Crippen molar-refractivity contribution in [1.29, 1.82) is 0 Å². The molecule has 0 aliphatic carbocycles. The molecule has 0 aliphatic heterocycles. The standard InChI is InChI=1S/C16H17NO4/c1-17-15(18)11-20-16(19)10-8-13-7-9-14(21-13)12-5-3-2-4-6-12/h2-7,9H,8,10-11H2,1H3,(H,17,18). The highest BCUT2D eigenvalue weighted by molar-refractivity contribution is 5.80. The largest absolute Gasteiger partial charge is 0.461 e. The van der Waals surface area contributed by atoms with Crippen molar-refractivity contribution in [3.8, 4) is 11.3 Å². The summed E-state index contributed by atoms with van der Waals surface area (Å²) in [6.45, 7) is -0.247. The summed E-state index contributed by atoms with van der Waals surface area (Å²) in [5.74, 6) is 0.735. The van der Waals surface area contributed by atoms with Gasteiger partial charge in [-0.15, -0.1) is 0 Å². The van der Waals surface area contributed by atoms with E-state index in [0.29, 0.717) is 12.2 Å². The van der Waals surface area contributed by atoms with Gasteiger partial charge in [-0.1, -0.05) is 30.3 Å². The van der Waals surface area contributed by atoms with E-state index in [1.807, 2.05) is 42.5 Å². The number of carbonyl (C=O) groups excluding carboxylic acids is 2. The van der Waals surface area contributed by atoms with Gasteiger partial charge in [-0.2, -0.15) is 0 Å². The predicted octanol–water partition coefficient (Wildman–Crippen LogP) is 2.17. The van der Waals surface area contributed by atoms with Crippen LogP contribution < -0.4 is 5.32 Å². The number of ether oxygens (including phenoxy) is 1. The van der Waals surface area contributed by atoms with E-state index in [1.165, 1.54) is 7.05 Å². The minimum atomic E-state index is -0.420. The van der Waals surface area contributed by atoms with Crippen LogP contribution >= 0.6 is 0 Å². The van der Waals surface area contributed by atoms with E-state index in [-0.39, 0.29) is 18.9 Å². The van der Waals surface area contributed by atoms with E-state index in [0.717, 1.165) is 11.3 Å². The quantitative estimate of drug-likeness (QED) is 0.827. The number of likely N-dealkylation sites (N-methyl/N-ethyl adjacent to an activating group) is 1. The van der Waals surface area contributed by atoms with Gasteiger partial charge >= 0.3 is 5.97 Å². The second-order valence-corrected chi connectivity index (χ2v) is 4.47. The van der Waals surface area contributed by atoms with E-state index in [1.54, 1.807) is 0 Å². The Morgan fingerprint density at radius 3 is 2.62 bits per heavy atom. The predicted molar refractivity (Wildman–Crippen MR) is 77.5 cm³/mol. The highest BCUT2D eigenvalue weighted by Crippen LogP contribution is 2.22. The molecular weight excluding hydrogens is 270 g/mol. The van der Waals surface area contributed by atoms with Crippen molar-refractivity contribution in [2.24, 2.45) is 0 Å². The lowest BCUT2D eigenvalue weighted by Gasteiger charge is -2.02. The lowest BCUT2D eigenvalue weighted by Crippen LogP contribution is -2.25. The van der Waals surface area contributed by atoms with E-state index in [9.17, 15) is 9.59 Å². The SMILES string of the molecule is CNC(=O)COC(=O)CCc1ccc(-c2ccccc2)o1. The Morgan fingerprint density at radius 2 is 1.90 bits per heavy atom. The minimum Gasteiger partial charge on any atom is -0.461 e. The van der Waals surface area contributed by atoms with Gasteiger partial charge in [0.2, 0.25) is 0 Å². The van der Waals surface area contributed by atoms with Gasteiger partial charge in [0.05, 0.1) is 6.42 Å². The molecule has 21 heavy (non-hydrogen) atoms. The van der Waals surface area contributed by atoms with Gasteiger partial charge in [-0.25, -0.2) is 0 Å². The summed E-state index contributed by atoms with van der Waals surface area (Å²) in [5, 5.41) is 2.38. The van der Waals surface area contributed by atoms with Crippen molar-refractivity contribution in [2.75, 3.05) is 13.7 Å². The van der Waals surface area contributed by atoms with Crippen LogP contribution in [0.3, 0.4) is 0 Å². The van der Waals surface area contributed by atoms with Crippen molar-refractivity contribution >= 4 is 11.9 Å². The molecule has 1 aromatic heterocycles. The molecule has 0 radical (unpaired) electrons. The van der Waals surface area contributed by atoms with E-state index in [2.05, 4.69) is 5.32 Å². The summed E-state index contributed by atoms with van der Waals surface area (Å²) in [5.41, 5.74) is 0.992. The van der Waals surface area contributed by atoms with E-state index < -0.39 is 5.97 Å². The first-order chi connectivity index (χ1) is 10.2. The normalized spacial score (nSPS) is 10.1. The Morgan fingerprint density at radius 1 is 1.14 bits per heavy atom. The molecule has 1 amide bonds. The highest BCUT2D eigenvalue weighted by Gasteiger charge is 2.09. The zero-order chi connectivity index (χ0) is 15.1. The van der Waals surface area contributed by atoms with Crippen molar-refractivity contribution in [1.82, 2.24) is 5.32 Å². The summed E-state index contributed by atoms with van der Waals surface area (Å²) < 4.78 is 10.5. The second-order valence-electron chi connectivity index (χ2n) is 4.47. The lowest BCUT2D eigenvalue weighted by molar-refractivity contribution is -0.148. The Bertz CT molecular complexity index is 604. The molecule has 0 bridgehead atoms.